The van der Waals surface area contributed by atoms with Crippen LogP contribution in [0.2, 0.25) is 0 Å². The smallest absolute Gasteiger partial charge is 0.423 e. The summed E-state index contributed by atoms with van der Waals surface area (Å²) in [6, 6.07) is 8.08. The van der Waals surface area contributed by atoms with Crippen LogP contribution in [-0.4, -0.2) is 94.9 Å². The van der Waals surface area contributed by atoms with Gasteiger partial charge in [0.15, 0.2) is 0 Å². The lowest BCUT2D eigenvalue weighted by Gasteiger charge is -2.25. The van der Waals surface area contributed by atoms with E-state index in [1.54, 1.807) is 30.3 Å². The van der Waals surface area contributed by atoms with E-state index in [1.807, 2.05) is 0 Å². The fourth-order valence-corrected chi connectivity index (χ4v) is 5.99. The van der Waals surface area contributed by atoms with Crippen molar-refractivity contribution in [1.82, 2.24) is 20.6 Å². The van der Waals surface area contributed by atoms with Gasteiger partial charge in [-0.2, -0.15) is 0 Å². The van der Waals surface area contributed by atoms with Crippen LogP contribution in [0.3, 0.4) is 0 Å². The van der Waals surface area contributed by atoms with Crippen molar-refractivity contribution in [3.05, 3.63) is 58.7 Å². The number of nitrogens with zero attached hydrogens (tertiary/aromatic N) is 2. The lowest BCUT2D eigenvalue weighted by molar-refractivity contribution is -0.197. The average molecular weight is 618 g/mol. The van der Waals surface area contributed by atoms with Crippen molar-refractivity contribution in [2.45, 2.75) is 51.0 Å². The van der Waals surface area contributed by atoms with E-state index in [2.05, 4.69) is 10.6 Å². The Morgan fingerprint density at radius 3 is 2.16 bits per heavy atom. The van der Waals surface area contributed by atoms with E-state index in [0.29, 0.717) is 27.1 Å². The molecule has 2 fully saturated rings. The minimum atomic E-state index is -1.32. The summed E-state index contributed by atoms with van der Waals surface area (Å²) >= 11 is 0. The van der Waals surface area contributed by atoms with Crippen LogP contribution >= 0.6 is 0 Å². The topological polar surface area (TPSA) is 201 Å². The molecule has 2 atom stereocenters. The minimum Gasteiger partial charge on any atom is -0.423 e. The SMILES string of the molecule is O=C(CCNC(=O)[C@@H]1C[C@@H](NC(=O)c2cccc3c2B(O)OC3)CN1C(=O)c1cccc2c1B(O)OC2)ON1C(=O)CCC1=O. The molecule has 0 unspecified atom stereocenters. The van der Waals surface area contributed by atoms with Gasteiger partial charge in [-0.05, 0) is 29.7 Å². The Labute approximate surface area is 257 Å². The summed E-state index contributed by atoms with van der Waals surface area (Å²) in [6.07, 6.45) is -0.447. The lowest BCUT2D eigenvalue weighted by atomic mass is 9.76. The van der Waals surface area contributed by atoms with E-state index in [1.165, 1.54) is 11.0 Å². The van der Waals surface area contributed by atoms with Crippen LogP contribution in [0.4, 0.5) is 0 Å². The molecule has 5 amide bonds. The van der Waals surface area contributed by atoms with Crippen LogP contribution in [0, 0.1) is 0 Å². The van der Waals surface area contributed by atoms with Crippen LogP contribution in [0.5, 0.6) is 0 Å². The Hall–Kier alpha value is -4.57. The molecule has 4 aliphatic rings. The molecule has 232 valence electrons. The van der Waals surface area contributed by atoms with Crippen molar-refractivity contribution in [3.63, 3.8) is 0 Å². The largest absolute Gasteiger partial charge is 0.492 e. The van der Waals surface area contributed by atoms with Crippen molar-refractivity contribution < 1.29 is 53.0 Å². The predicted molar refractivity (Wildman–Crippen MR) is 153 cm³/mol. The number of benzene rings is 2. The number of hydroxylamine groups is 2. The van der Waals surface area contributed by atoms with Crippen LogP contribution < -0.4 is 21.6 Å². The molecular formula is C28H28B2N4O11. The summed E-state index contributed by atoms with van der Waals surface area (Å²) in [5, 5.41) is 26.5. The number of rotatable bonds is 8. The lowest BCUT2D eigenvalue weighted by Crippen LogP contribution is -2.48. The zero-order valence-electron chi connectivity index (χ0n) is 23.9. The van der Waals surface area contributed by atoms with Crippen molar-refractivity contribution in [2.24, 2.45) is 0 Å². The number of fused-ring (bicyclic) bond motifs is 2. The molecule has 2 aromatic rings. The molecule has 2 saturated heterocycles. The van der Waals surface area contributed by atoms with Gasteiger partial charge in [0.05, 0.1) is 19.6 Å². The fraction of sp³-hybridized carbons (Fsp3) is 0.357. The van der Waals surface area contributed by atoms with Crippen LogP contribution in [0.1, 0.15) is 57.5 Å². The molecule has 0 aliphatic carbocycles. The zero-order valence-corrected chi connectivity index (χ0v) is 23.9. The Morgan fingerprint density at radius 1 is 0.911 bits per heavy atom. The van der Waals surface area contributed by atoms with Crippen molar-refractivity contribution in [2.75, 3.05) is 13.1 Å². The average Bonchev–Trinajstić information content (AvgIpc) is 3.80. The normalized spacial score (nSPS) is 20.4. The number of carbonyl (C=O) groups excluding carboxylic acids is 6. The third kappa shape index (κ3) is 5.94. The highest BCUT2D eigenvalue weighted by Gasteiger charge is 2.43. The first-order chi connectivity index (χ1) is 21.6. The third-order valence-corrected chi connectivity index (χ3v) is 8.18. The molecule has 0 bridgehead atoms. The number of likely N-dealkylation sites (tertiary alicyclic amines) is 1. The van der Waals surface area contributed by atoms with E-state index < -0.39 is 61.8 Å². The first-order valence-corrected chi connectivity index (χ1v) is 14.4. The second kappa shape index (κ2) is 12.4. The standard InChI is InChI=1S/C28H28B2N4O11/c35-21-7-8-22(36)34(21)45-23(37)9-10-31-27(39)20-11-17(32-26(38)18-5-1-3-15-13-43-29(41)24(15)18)12-33(20)28(40)19-6-2-4-16-14-44-30(42)25(16)19/h1-6,17,20,41-42H,7-14H2,(H,31,39)(H,32,38)/t17-,20+/m1/s1. The maximum absolute atomic E-state index is 13.9. The van der Waals surface area contributed by atoms with Crippen LogP contribution in [0.15, 0.2) is 36.4 Å². The van der Waals surface area contributed by atoms with Gasteiger partial charge in [0.2, 0.25) is 5.91 Å². The third-order valence-electron chi connectivity index (χ3n) is 8.18. The molecule has 0 aromatic heterocycles. The zero-order chi connectivity index (χ0) is 31.8. The number of carbonyl (C=O) groups is 6. The molecule has 4 aliphatic heterocycles. The van der Waals surface area contributed by atoms with Crippen molar-refractivity contribution in [3.8, 4) is 0 Å². The molecule has 0 spiro atoms. The Bertz CT molecular complexity index is 1590. The van der Waals surface area contributed by atoms with E-state index in [9.17, 15) is 38.8 Å². The monoisotopic (exact) mass is 618 g/mol. The molecule has 2 aromatic carbocycles. The van der Waals surface area contributed by atoms with Crippen molar-refractivity contribution >= 4 is 60.7 Å². The fourth-order valence-electron chi connectivity index (χ4n) is 5.99. The Balaban J connectivity index is 1.17. The number of nitrogens with one attached hydrogen (secondary N) is 2. The highest BCUT2D eigenvalue weighted by Crippen LogP contribution is 2.24. The number of amides is 5. The molecule has 17 heteroatoms. The molecule has 6 rings (SSSR count). The molecule has 4 N–H and O–H groups in total. The highest BCUT2D eigenvalue weighted by molar-refractivity contribution is 6.63. The summed E-state index contributed by atoms with van der Waals surface area (Å²) in [6.45, 7) is -0.00795. The van der Waals surface area contributed by atoms with Gasteiger partial charge in [-0.15, -0.1) is 5.06 Å². The number of hydrogen-bond donors (Lipinski definition) is 4. The number of imide groups is 1. The Morgan fingerprint density at radius 2 is 1.51 bits per heavy atom. The Kier molecular flexibility index (Phi) is 8.42. The summed E-state index contributed by atoms with van der Waals surface area (Å²) in [5.74, 6) is -3.86. The van der Waals surface area contributed by atoms with E-state index >= 15 is 0 Å². The molecule has 0 radical (unpaired) electrons. The molecule has 0 saturated carbocycles. The second-order valence-corrected chi connectivity index (χ2v) is 11.0. The quantitative estimate of drug-likeness (QED) is 0.177. The molecule has 45 heavy (non-hydrogen) atoms. The van der Waals surface area contributed by atoms with Crippen LogP contribution in [0.25, 0.3) is 0 Å². The first kappa shape index (κ1) is 30.5. The number of hydrogen-bond acceptors (Lipinski definition) is 11. The highest BCUT2D eigenvalue weighted by atomic mass is 16.7. The van der Waals surface area contributed by atoms with Gasteiger partial charge in [0.25, 0.3) is 23.6 Å². The van der Waals surface area contributed by atoms with Crippen molar-refractivity contribution in [1.29, 1.82) is 0 Å². The minimum absolute atomic E-state index is 0.0205. The summed E-state index contributed by atoms with van der Waals surface area (Å²) in [4.78, 5) is 82.3. The van der Waals surface area contributed by atoms with E-state index in [4.69, 9.17) is 14.1 Å². The molecule has 4 heterocycles. The van der Waals surface area contributed by atoms with Gasteiger partial charge in [0, 0.05) is 54.0 Å². The van der Waals surface area contributed by atoms with Gasteiger partial charge in [-0.3, -0.25) is 24.0 Å². The molecule has 15 nitrogen and oxygen atoms in total. The van der Waals surface area contributed by atoms with Gasteiger partial charge < -0.3 is 39.7 Å². The summed E-state index contributed by atoms with van der Waals surface area (Å²) in [7, 11) is -2.58. The van der Waals surface area contributed by atoms with E-state index in [-0.39, 0.29) is 63.1 Å². The second-order valence-electron chi connectivity index (χ2n) is 11.0. The summed E-state index contributed by atoms with van der Waals surface area (Å²) < 4.78 is 10.5. The molecular weight excluding hydrogens is 590 g/mol. The van der Waals surface area contributed by atoms with Gasteiger partial charge >= 0.3 is 20.2 Å². The van der Waals surface area contributed by atoms with Gasteiger partial charge in [-0.1, -0.05) is 24.3 Å². The first-order valence-electron chi connectivity index (χ1n) is 14.4. The predicted octanol–water partition coefficient (Wildman–Crippen LogP) is -2.75. The summed E-state index contributed by atoms with van der Waals surface area (Å²) in [5.41, 5.74) is 2.31. The maximum atomic E-state index is 13.9. The van der Waals surface area contributed by atoms with Gasteiger partial charge in [0.1, 0.15) is 6.04 Å². The van der Waals surface area contributed by atoms with E-state index in [0.717, 1.165) is 0 Å². The van der Waals surface area contributed by atoms with Crippen LogP contribution in [-0.2, 0) is 46.5 Å². The maximum Gasteiger partial charge on any atom is 0.492 e. The van der Waals surface area contributed by atoms with Gasteiger partial charge in [-0.25, -0.2) is 4.79 Å².